The van der Waals surface area contributed by atoms with E-state index in [1.807, 2.05) is 42.5 Å². The van der Waals surface area contributed by atoms with Crippen molar-refractivity contribution in [2.75, 3.05) is 12.4 Å². The third kappa shape index (κ3) is 5.46. The van der Waals surface area contributed by atoms with Crippen molar-refractivity contribution in [3.05, 3.63) is 95.2 Å². The molecule has 0 spiro atoms. The van der Waals surface area contributed by atoms with Crippen LogP contribution in [0.25, 0.3) is 0 Å². The van der Waals surface area contributed by atoms with Crippen LogP contribution in [-0.4, -0.2) is 22.8 Å². The molecule has 0 saturated heterocycles. The van der Waals surface area contributed by atoms with Gasteiger partial charge in [0.1, 0.15) is 23.9 Å². The fourth-order valence-electron chi connectivity index (χ4n) is 2.97. The lowest BCUT2D eigenvalue weighted by Gasteiger charge is -2.07. The fourth-order valence-corrected chi connectivity index (χ4v) is 3.13. The summed E-state index contributed by atoms with van der Waals surface area (Å²) in [4.78, 5) is 12.6. The van der Waals surface area contributed by atoms with Gasteiger partial charge < -0.3 is 19.2 Å². The quantitative estimate of drug-likeness (QED) is 0.419. The molecular weight excluding hydrogens is 418 g/mol. The highest BCUT2D eigenvalue weighted by Crippen LogP contribution is 2.21. The number of carbonyl (C=O) groups is 1. The summed E-state index contributed by atoms with van der Waals surface area (Å²) in [6, 6.07) is 18.1. The molecule has 2 aromatic heterocycles. The standard InChI is InChI=1S/C23H20ClN3O4/c1-29-19-6-3-7-20(11-19)30-15-21-8-9-22(31-21)23(28)26-18-5-2-4-16(10-18)13-27-14-17(24)12-25-27/h2-12,14H,13,15H2,1H3,(H,26,28). The van der Waals surface area contributed by atoms with Crippen molar-refractivity contribution in [3.63, 3.8) is 0 Å². The number of amides is 1. The maximum Gasteiger partial charge on any atom is 0.291 e. The number of nitrogens with one attached hydrogen (secondary N) is 1. The van der Waals surface area contributed by atoms with E-state index in [1.54, 1.807) is 42.4 Å². The van der Waals surface area contributed by atoms with Crippen molar-refractivity contribution in [3.8, 4) is 11.5 Å². The number of hydrogen-bond acceptors (Lipinski definition) is 5. The average molecular weight is 438 g/mol. The van der Waals surface area contributed by atoms with E-state index in [-0.39, 0.29) is 18.3 Å². The smallest absolute Gasteiger partial charge is 0.291 e. The van der Waals surface area contributed by atoms with Crippen molar-refractivity contribution in [1.82, 2.24) is 9.78 Å². The summed E-state index contributed by atoms with van der Waals surface area (Å²) < 4.78 is 18.2. The topological polar surface area (TPSA) is 78.5 Å². The number of furan rings is 1. The van der Waals surface area contributed by atoms with Crippen LogP contribution in [0.3, 0.4) is 0 Å². The summed E-state index contributed by atoms with van der Waals surface area (Å²) in [5, 5.41) is 7.59. The number of carbonyl (C=O) groups excluding carboxylic acids is 1. The van der Waals surface area contributed by atoms with Gasteiger partial charge in [0.25, 0.3) is 5.91 Å². The normalized spacial score (nSPS) is 10.6. The molecule has 158 valence electrons. The molecule has 4 rings (SSSR count). The third-order valence-corrected chi connectivity index (χ3v) is 4.63. The zero-order valence-electron chi connectivity index (χ0n) is 16.7. The van der Waals surface area contributed by atoms with Gasteiger partial charge in [-0.15, -0.1) is 0 Å². The molecule has 2 heterocycles. The van der Waals surface area contributed by atoms with Crippen molar-refractivity contribution < 1.29 is 18.7 Å². The van der Waals surface area contributed by atoms with Crippen molar-refractivity contribution in [2.45, 2.75) is 13.2 Å². The van der Waals surface area contributed by atoms with Crippen LogP contribution >= 0.6 is 11.6 Å². The van der Waals surface area contributed by atoms with Crippen LogP contribution in [0.2, 0.25) is 5.02 Å². The molecule has 0 fully saturated rings. The van der Waals surface area contributed by atoms with Crippen LogP contribution in [0.1, 0.15) is 21.9 Å². The second-order valence-electron chi connectivity index (χ2n) is 6.74. The number of benzene rings is 2. The monoisotopic (exact) mass is 437 g/mol. The number of halogens is 1. The molecule has 0 aliphatic carbocycles. The Labute approximate surface area is 184 Å². The Morgan fingerprint density at radius 2 is 1.97 bits per heavy atom. The van der Waals surface area contributed by atoms with E-state index < -0.39 is 0 Å². The first kappa shape index (κ1) is 20.6. The molecule has 1 amide bonds. The van der Waals surface area contributed by atoms with E-state index in [1.165, 1.54) is 0 Å². The van der Waals surface area contributed by atoms with Crippen LogP contribution in [0, 0.1) is 0 Å². The molecule has 0 aliphatic heterocycles. The number of ether oxygens (including phenoxy) is 2. The summed E-state index contributed by atoms with van der Waals surface area (Å²) in [7, 11) is 1.60. The Morgan fingerprint density at radius 1 is 1.13 bits per heavy atom. The predicted octanol–water partition coefficient (Wildman–Crippen LogP) is 5.02. The molecule has 0 saturated carbocycles. The predicted molar refractivity (Wildman–Crippen MR) is 117 cm³/mol. The Morgan fingerprint density at radius 3 is 2.77 bits per heavy atom. The van der Waals surface area contributed by atoms with Gasteiger partial charge in [0.2, 0.25) is 0 Å². The minimum absolute atomic E-state index is 0.197. The molecule has 31 heavy (non-hydrogen) atoms. The van der Waals surface area contributed by atoms with Gasteiger partial charge in [-0.3, -0.25) is 9.48 Å². The van der Waals surface area contributed by atoms with Gasteiger partial charge in [-0.25, -0.2) is 0 Å². The fraction of sp³-hybridized carbons (Fsp3) is 0.130. The number of hydrogen-bond donors (Lipinski definition) is 1. The summed E-state index contributed by atoms with van der Waals surface area (Å²) in [5.41, 5.74) is 1.63. The van der Waals surface area contributed by atoms with Crippen molar-refractivity contribution >= 4 is 23.2 Å². The Bertz CT molecular complexity index is 1180. The SMILES string of the molecule is COc1cccc(OCc2ccc(C(=O)Nc3cccc(Cn4cc(Cl)cn4)c3)o2)c1. The molecule has 0 radical (unpaired) electrons. The van der Waals surface area contributed by atoms with E-state index >= 15 is 0 Å². The highest BCUT2D eigenvalue weighted by atomic mass is 35.5. The van der Waals surface area contributed by atoms with Crippen molar-refractivity contribution in [2.24, 2.45) is 0 Å². The molecule has 4 aromatic rings. The molecule has 8 heteroatoms. The summed E-state index contributed by atoms with van der Waals surface area (Å²) in [5.74, 6) is 1.75. The summed E-state index contributed by atoms with van der Waals surface area (Å²) in [6.07, 6.45) is 3.32. The van der Waals surface area contributed by atoms with Crippen LogP contribution in [0.15, 0.2) is 77.5 Å². The van der Waals surface area contributed by atoms with Gasteiger partial charge >= 0.3 is 0 Å². The zero-order valence-corrected chi connectivity index (χ0v) is 17.5. The van der Waals surface area contributed by atoms with Crippen molar-refractivity contribution in [1.29, 1.82) is 0 Å². The van der Waals surface area contributed by atoms with E-state index in [9.17, 15) is 4.79 Å². The maximum absolute atomic E-state index is 12.6. The summed E-state index contributed by atoms with van der Waals surface area (Å²) in [6.45, 7) is 0.741. The molecule has 0 bridgehead atoms. The second-order valence-corrected chi connectivity index (χ2v) is 7.18. The molecule has 1 N–H and O–H groups in total. The second kappa shape index (κ2) is 9.40. The molecule has 0 unspecified atom stereocenters. The van der Waals surface area contributed by atoms with Gasteiger partial charge in [-0.1, -0.05) is 29.8 Å². The lowest BCUT2D eigenvalue weighted by Crippen LogP contribution is -2.11. The minimum Gasteiger partial charge on any atom is -0.497 e. The van der Waals surface area contributed by atoms with Gasteiger partial charge in [0.05, 0.1) is 24.9 Å². The lowest BCUT2D eigenvalue weighted by atomic mass is 10.2. The van der Waals surface area contributed by atoms with E-state index in [0.29, 0.717) is 34.5 Å². The molecule has 7 nitrogen and oxygen atoms in total. The number of methoxy groups -OCH3 is 1. The lowest BCUT2D eigenvalue weighted by molar-refractivity contribution is 0.0992. The maximum atomic E-state index is 12.6. The highest BCUT2D eigenvalue weighted by molar-refractivity contribution is 6.30. The molecular formula is C23H20ClN3O4. The van der Waals surface area contributed by atoms with Crippen LogP contribution in [-0.2, 0) is 13.2 Å². The average Bonchev–Trinajstić information content (AvgIpc) is 3.42. The molecule has 2 aromatic carbocycles. The van der Waals surface area contributed by atoms with Gasteiger partial charge in [-0.2, -0.15) is 5.10 Å². The summed E-state index contributed by atoms with van der Waals surface area (Å²) >= 11 is 5.90. The van der Waals surface area contributed by atoms with E-state index in [4.69, 9.17) is 25.5 Å². The first-order chi connectivity index (χ1) is 15.1. The number of nitrogens with zero attached hydrogens (tertiary/aromatic N) is 2. The van der Waals surface area contributed by atoms with Gasteiger partial charge in [0.15, 0.2) is 5.76 Å². The van der Waals surface area contributed by atoms with Crippen LogP contribution < -0.4 is 14.8 Å². The number of aromatic nitrogens is 2. The zero-order chi connectivity index (χ0) is 21.6. The minimum atomic E-state index is -0.341. The van der Waals surface area contributed by atoms with E-state index in [0.717, 1.165) is 5.56 Å². The van der Waals surface area contributed by atoms with Gasteiger partial charge in [0, 0.05) is 18.0 Å². The molecule has 0 atom stereocenters. The first-order valence-electron chi connectivity index (χ1n) is 9.53. The highest BCUT2D eigenvalue weighted by Gasteiger charge is 2.12. The Kier molecular flexibility index (Phi) is 6.24. The number of rotatable bonds is 8. The largest absolute Gasteiger partial charge is 0.497 e. The third-order valence-electron chi connectivity index (χ3n) is 4.44. The van der Waals surface area contributed by atoms with Crippen LogP contribution in [0.4, 0.5) is 5.69 Å². The first-order valence-corrected chi connectivity index (χ1v) is 9.90. The van der Waals surface area contributed by atoms with Gasteiger partial charge in [-0.05, 0) is 42.0 Å². The molecule has 0 aliphatic rings. The Balaban J connectivity index is 1.36. The number of anilines is 1. The van der Waals surface area contributed by atoms with E-state index in [2.05, 4.69) is 10.4 Å². The van der Waals surface area contributed by atoms with Crippen LogP contribution in [0.5, 0.6) is 11.5 Å². The Hall–Kier alpha value is -3.71.